The third-order valence-corrected chi connectivity index (χ3v) is 4.80. The van der Waals surface area contributed by atoms with E-state index in [1.807, 2.05) is 0 Å². The third kappa shape index (κ3) is 4.06. The van der Waals surface area contributed by atoms with Crippen LogP contribution in [0.4, 0.5) is 0 Å². The highest BCUT2D eigenvalue weighted by Gasteiger charge is 2.21. The summed E-state index contributed by atoms with van der Waals surface area (Å²) in [6, 6.07) is 0. The monoisotopic (exact) mass is 299 g/mol. The highest BCUT2D eigenvalue weighted by atomic mass is 35.5. The standard InChI is InChI=1S/C8H14ClN3O3S2/c1-12-6-10-8(7(12)9)17(14,15)11-4-3-5-16(2)13/h6,11H,3-5H2,1-2H3. The van der Waals surface area contributed by atoms with Gasteiger partial charge in [-0.1, -0.05) is 11.6 Å². The highest BCUT2D eigenvalue weighted by molar-refractivity contribution is 7.89. The van der Waals surface area contributed by atoms with Gasteiger partial charge < -0.3 is 4.57 Å². The number of aryl methyl sites for hydroxylation is 1. The van der Waals surface area contributed by atoms with Crippen LogP contribution >= 0.6 is 11.6 Å². The number of imidazole rings is 1. The van der Waals surface area contributed by atoms with Crippen molar-refractivity contribution in [1.29, 1.82) is 0 Å². The van der Waals surface area contributed by atoms with Crippen LogP contribution < -0.4 is 4.72 Å². The van der Waals surface area contributed by atoms with E-state index in [1.165, 1.54) is 10.9 Å². The SMILES string of the molecule is Cn1cnc(S(=O)(=O)NCCCS(C)=O)c1Cl. The molecule has 1 N–H and O–H groups in total. The van der Waals surface area contributed by atoms with Gasteiger partial charge in [-0.3, -0.25) is 4.21 Å². The Morgan fingerprint density at radius 2 is 2.24 bits per heavy atom. The predicted molar refractivity (Wildman–Crippen MR) is 67.0 cm³/mol. The van der Waals surface area contributed by atoms with Crippen LogP contribution in [0.3, 0.4) is 0 Å². The summed E-state index contributed by atoms with van der Waals surface area (Å²) in [5.41, 5.74) is 0. The second kappa shape index (κ2) is 5.94. The topological polar surface area (TPSA) is 81.1 Å². The highest BCUT2D eigenvalue weighted by Crippen LogP contribution is 2.17. The molecule has 0 aliphatic heterocycles. The average Bonchev–Trinajstić information content (AvgIpc) is 2.55. The first-order valence-corrected chi connectivity index (χ1v) is 8.40. The molecule has 1 aromatic heterocycles. The van der Waals surface area contributed by atoms with Crippen LogP contribution in [0.25, 0.3) is 0 Å². The van der Waals surface area contributed by atoms with E-state index in [-0.39, 0.29) is 16.7 Å². The number of aromatic nitrogens is 2. The van der Waals surface area contributed by atoms with E-state index < -0.39 is 20.8 Å². The maximum Gasteiger partial charge on any atom is 0.261 e. The van der Waals surface area contributed by atoms with Gasteiger partial charge in [0.05, 0.1) is 6.33 Å². The molecule has 1 atom stereocenters. The van der Waals surface area contributed by atoms with E-state index in [0.717, 1.165) is 0 Å². The Labute approximate surface area is 108 Å². The minimum Gasteiger partial charge on any atom is -0.324 e. The summed E-state index contributed by atoms with van der Waals surface area (Å²) in [7, 11) is -2.99. The van der Waals surface area contributed by atoms with Crippen molar-refractivity contribution >= 4 is 32.4 Å². The lowest BCUT2D eigenvalue weighted by Crippen LogP contribution is -2.26. The Bertz CT molecular complexity index is 512. The fourth-order valence-electron chi connectivity index (χ4n) is 1.12. The molecule has 0 spiro atoms. The molecular weight excluding hydrogens is 286 g/mol. The first kappa shape index (κ1) is 14.6. The summed E-state index contributed by atoms with van der Waals surface area (Å²) in [6.45, 7) is 0.217. The van der Waals surface area contributed by atoms with Gasteiger partial charge in [-0.2, -0.15) is 0 Å². The van der Waals surface area contributed by atoms with Crippen LogP contribution in [0.1, 0.15) is 6.42 Å². The van der Waals surface area contributed by atoms with Crippen LogP contribution in [0.5, 0.6) is 0 Å². The summed E-state index contributed by atoms with van der Waals surface area (Å²) < 4.78 is 38.1. The fourth-order valence-corrected chi connectivity index (χ4v) is 3.17. The number of nitrogens with one attached hydrogen (secondary N) is 1. The molecule has 1 aromatic rings. The van der Waals surface area contributed by atoms with Crippen molar-refractivity contribution in [2.45, 2.75) is 11.4 Å². The number of hydrogen-bond donors (Lipinski definition) is 1. The molecule has 1 heterocycles. The first-order chi connectivity index (χ1) is 7.84. The first-order valence-electron chi connectivity index (χ1n) is 4.81. The Morgan fingerprint density at radius 3 is 2.71 bits per heavy atom. The molecule has 0 aromatic carbocycles. The Morgan fingerprint density at radius 1 is 1.59 bits per heavy atom. The summed E-state index contributed by atoms with van der Waals surface area (Å²) in [4.78, 5) is 3.72. The van der Waals surface area contributed by atoms with Crippen molar-refractivity contribution < 1.29 is 12.6 Å². The number of rotatable bonds is 6. The zero-order chi connectivity index (χ0) is 13.1. The molecule has 1 unspecified atom stereocenters. The van der Waals surface area contributed by atoms with E-state index in [9.17, 15) is 12.6 Å². The van der Waals surface area contributed by atoms with Crippen LogP contribution in [-0.2, 0) is 27.9 Å². The molecule has 0 amide bonds. The lowest BCUT2D eigenvalue weighted by Gasteiger charge is -2.04. The number of hydrogen-bond acceptors (Lipinski definition) is 4. The normalized spacial score (nSPS) is 13.8. The largest absolute Gasteiger partial charge is 0.324 e. The maximum absolute atomic E-state index is 11.8. The summed E-state index contributed by atoms with van der Waals surface area (Å²) >= 11 is 5.79. The average molecular weight is 300 g/mol. The maximum atomic E-state index is 11.8. The predicted octanol–water partition coefficient (Wildman–Crippen LogP) is 0.120. The summed E-state index contributed by atoms with van der Waals surface area (Å²) in [5, 5.41) is -0.115. The van der Waals surface area contributed by atoms with Gasteiger partial charge in [0.2, 0.25) is 5.03 Å². The van der Waals surface area contributed by atoms with Crippen LogP contribution in [0.15, 0.2) is 11.4 Å². The molecule has 6 nitrogen and oxygen atoms in total. The van der Waals surface area contributed by atoms with E-state index in [1.54, 1.807) is 13.3 Å². The second-order valence-corrected chi connectivity index (χ2v) is 7.07. The zero-order valence-electron chi connectivity index (χ0n) is 9.51. The van der Waals surface area contributed by atoms with Gasteiger partial charge in [-0.25, -0.2) is 18.1 Å². The van der Waals surface area contributed by atoms with Crippen molar-refractivity contribution in [1.82, 2.24) is 14.3 Å². The molecule has 0 fully saturated rings. The van der Waals surface area contributed by atoms with Gasteiger partial charge in [0, 0.05) is 36.4 Å². The van der Waals surface area contributed by atoms with E-state index in [2.05, 4.69) is 9.71 Å². The smallest absolute Gasteiger partial charge is 0.261 e. The summed E-state index contributed by atoms with van der Waals surface area (Å²) in [5.74, 6) is 0.457. The van der Waals surface area contributed by atoms with Gasteiger partial charge in [0.25, 0.3) is 10.0 Å². The van der Waals surface area contributed by atoms with E-state index in [0.29, 0.717) is 12.2 Å². The van der Waals surface area contributed by atoms with Crippen LogP contribution in [-0.4, -0.2) is 40.7 Å². The van der Waals surface area contributed by atoms with E-state index in [4.69, 9.17) is 11.6 Å². The Balaban J connectivity index is 2.64. The van der Waals surface area contributed by atoms with Crippen molar-refractivity contribution in [2.24, 2.45) is 7.05 Å². The molecular formula is C8H14ClN3O3S2. The number of sulfonamides is 1. The molecule has 0 saturated heterocycles. The van der Waals surface area contributed by atoms with Crippen LogP contribution in [0, 0.1) is 0 Å². The van der Waals surface area contributed by atoms with Gasteiger partial charge in [-0.05, 0) is 6.42 Å². The van der Waals surface area contributed by atoms with Gasteiger partial charge >= 0.3 is 0 Å². The lowest BCUT2D eigenvalue weighted by atomic mass is 10.5. The minimum atomic E-state index is -3.68. The van der Waals surface area contributed by atoms with Gasteiger partial charge in [-0.15, -0.1) is 0 Å². The molecule has 1 rings (SSSR count). The molecule has 0 aliphatic carbocycles. The van der Waals surface area contributed by atoms with Crippen LogP contribution in [0.2, 0.25) is 5.15 Å². The molecule has 17 heavy (non-hydrogen) atoms. The lowest BCUT2D eigenvalue weighted by molar-refractivity contribution is 0.577. The quantitative estimate of drug-likeness (QED) is 0.757. The summed E-state index contributed by atoms with van der Waals surface area (Å²) in [6.07, 6.45) is 3.41. The number of halogens is 1. The Hall–Kier alpha value is -0.440. The third-order valence-electron chi connectivity index (χ3n) is 1.99. The minimum absolute atomic E-state index is 0.0663. The van der Waals surface area contributed by atoms with Gasteiger partial charge in [0.1, 0.15) is 5.15 Å². The van der Waals surface area contributed by atoms with Crippen molar-refractivity contribution in [2.75, 3.05) is 18.6 Å². The fraction of sp³-hybridized carbons (Fsp3) is 0.625. The molecule has 0 radical (unpaired) electrons. The molecule has 0 saturated carbocycles. The van der Waals surface area contributed by atoms with Gasteiger partial charge in [0.15, 0.2) is 0 Å². The number of nitrogens with zero attached hydrogens (tertiary/aromatic N) is 2. The van der Waals surface area contributed by atoms with Crippen molar-refractivity contribution in [3.63, 3.8) is 0 Å². The molecule has 9 heteroatoms. The molecule has 98 valence electrons. The van der Waals surface area contributed by atoms with Crippen molar-refractivity contribution in [3.05, 3.63) is 11.5 Å². The molecule has 0 aliphatic rings. The second-order valence-electron chi connectivity index (χ2n) is 3.48. The Kier molecular flexibility index (Phi) is 5.11. The molecule has 0 bridgehead atoms. The zero-order valence-corrected chi connectivity index (χ0v) is 11.9. The van der Waals surface area contributed by atoms with Crippen molar-refractivity contribution in [3.8, 4) is 0 Å². The van der Waals surface area contributed by atoms with E-state index >= 15 is 0 Å².